The average molecular weight is 317 g/mol. The lowest BCUT2D eigenvalue weighted by Gasteiger charge is -2.29. The molecule has 0 saturated heterocycles. The molecule has 2 atom stereocenters. The molecule has 2 unspecified atom stereocenters. The van der Waals surface area contributed by atoms with Crippen molar-refractivity contribution in [2.75, 3.05) is 0 Å². The van der Waals surface area contributed by atoms with Crippen LogP contribution in [0.2, 0.25) is 0 Å². The summed E-state index contributed by atoms with van der Waals surface area (Å²) in [5, 5.41) is 14.8. The molecular weight excluding hydrogens is 297 g/mol. The molecule has 3 rings (SSSR count). The van der Waals surface area contributed by atoms with Crippen LogP contribution in [0.25, 0.3) is 11.4 Å². The Morgan fingerprint density at radius 2 is 2.13 bits per heavy atom. The third kappa shape index (κ3) is 3.72. The Hall–Kier alpha value is -2.31. The fourth-order valence-electron chi connectivity index (χ4n) is 2.97. The van der Waals surface area contributed by atoms with Crippen LogP contribution in [0, 0.1) is 11.7 Å². The summed E-state index contributed by atoms with van der Waals surface area (Å²) in [6.07, 6.45) is 4.53. The van der Waals surface area contributed by atoms with E-state index in [1.807, 2.05) is 0 Å². The van der Waals surface area contributed by atoms with Gasteiger partial charge in [0.1, 0.15) is 12.4 Å². The summed E-state index contributed by atoms with van der Waals surface area (Å²) in [7, 11) is 0. The predicted molar refractivity (Wildman–Crippen MR) is 82.8 cm³/mol. The molecule has 0 bridgehead atoms. The SMILES string of the molecule is CC1CCCCC1NC(=O)Cn1nnc(-c2ccccc2F)n1. The Bertz CT molecular complexity index is 687. The number of amides is 1. The standard InChI is InChI=1S/C16H20FN5O/c1-11-6-2-5-9-14(11)18-15(23)10-22-20-16(19-21-22)12-7-3-4-8-13(12)17/h3-4,7-8,11,14H,2,5-6,9-10H2,1H3,(H,18,23). The second kappa shape index (κ2) is 6.85. The van der Waals surface area contributed by atoms with Crippen LogP contribution in [0.3, 0.4) is 0 Å². The maximum Gasteiger partial charge on any atom is 0.243 e. The molecule has 1 fully saturated rings. The van der Waals surface area contributed by atoms with E-state index in [0.717, 1.165) is 19.3 Å². The summed E-state index contributed by atoms with van der Waals surface area (Å²) in [5.41, 5.74) is 0.278. The Kier molecular flexibility index (Phi) is 4.64. The number of benzene rings is 1. The van der Waals surface area contributed by atoms with Crippen molar-refractivity contribution in [2.24, 2.45) is 5.92 Å². The van der Waals surface area contributed by atoms with Gasteiger partial charge in [0.25, 0.3) is 0 Å². The largest absolute Gasteiger partial charge is 0.351 e. The number of nitrogens with zero attached hydrogens (tertiary/aromatic N) is 4. The molecule has 2 aromatic rings. The minimum atomic E-state index is -0.410. The molecule has 122 valence electrons. The molecule has 1 heterocycles. The van der Waals surface area contributed by atoms with Crippen LogP contribution in [0.15, 0.2) is 24.3 Å². The van der Waals surface area contributed by atoms with E-state index in [4.69, 9.17) is 0 Å². The maximum absolute atomic E-state index is 13.7. The molecule has 0 radical (unpaired) electrons. The third-order valence-electron chi connectivity index (χ3n) is 4.31. The molecule has 23 heavy (non-hydrogen) atoms. The second-order valence-electron chi connectivity index (χ2n) is 6.06. The molecule has 1 amide bonds. The Morgan fingerprint density at radius 3 is 2.91 bits per heavy atom. The topological polar surface area (TPSA) is 72.7 Å². The fraction of sp³-hybridized carbons (Fsp3) is 0.500. The number of hydrogen-bond acceptors (Lipinski definition) is 4. The van der Waals surface area contributed by atoms with Crippen LogP contribution in [0.4, 0.5) is 4.39 Å². The number of halogens is 1. The highest BCUT2D eigenvalue weighted by Gasteiger charge is 2.23. The zero-order chi connectivity index (χ0) is 16.2. The molecule has 1 aromatic carbocycles. The Balaban J connectivity index is 1.62. The smallest absolute Gasteiger partial charge is 0.243 e. The Morgan fingerprint density at radius 1 is 1.35 bits per heavy atom. The van der Waals surface area contributed by atoms with Gasteiger partial charge in [0.15, 0.2) is 0 Å². The van der Waals surface area contributed by atoms with E-state index >= 15 is 0 Å². The first-order valence-corrected chi connectivity index (χ1v) is 7.95. The molecule has 7 heteroatoms. The molecule has 0 spiro atoms. The molecule has 1 aliphatic carbocycles. The van der Waals surface area contributed by atoms with Gasteiger partial charge in [-0.05, 0) is 36.1 Å². The van der Waals surface area contributed by atoms with E-state index in [-0.39, 0.29) is 29.9 Å². The highest BCUT2D eigenvalue weighted by atomic mass is 19.1. The maximum atomic E-state index is 13.7. The zero-order valence-electron chi connectivity index (χ0n) is 13.1. The molecule has 1 aromatic heterocycles. The van der Waals surface area contributed by atoms with E-state index in [9.17, 15) is 9.18 Å². The second-order valence-corrected chi connectivity index (χ2v) is 6.06. The van der Waals surface area contributed by atoms with Gasteiger partial charge in [-0.1, -0.05) is 31.9 Å². The van der Waals surface area contributed by atoms with Crippen LogP contribution >= 0.6 is 0 Å². The van der Waals surface area contributed by atoms with Crippen molar-refractivity contribution in [3.05, 3.63) is 30.1 Å². The first-order valence-electron chi connectivity index (χ1n) is 7.95. The third-order valence-corrected chi connectivity index (χ3v) is 4.31. The molecular formula is C16H20FN5O. The number of hydrogen-bond donors (Lipinski definition) is 1. The minimum Gasteiger partial charge on any atom is -0.351 e. The average Bonchev–Trinajstić information content (AvgIpc) is 2.98. The van der Waals surface area contributed by atoms with Crippen molar-refractivity contribution in [1.29, 1.82) is 0 Å². The van der Waals surface area contributed by atoms with Gasteiger partial charge in [-0.25, -0.2) is 4.39 Å². The van der Waals surface area contributed by atoms with Crippen LogP contribution < -0.4 is 5.32 Å². The number of aromatic nitrogens is 4. The van der Waals surface area contributed by atoms with Gasteiger partial charge in [0.05, 0.1) is 5.56 Å². The van der Waals surface area contributed by atoms with Crippen molar-refractivity contribution in [3.8, 4) is 11.4 Å². The van der Waals surface area contributed by atoms with Gasteiger partial charge in [0, 0.05) is 6.04 Å². The molecule has 1 aliphatic rings. The molecule has 1 N–H and O–H groups in total. The van der Waals surface area contributed by atoms with Crippen LogP contribution in [-0.2, 0) is 11.3 Å². The van der Waals surface area contributed by atoms with E-state index in [2.05, 4.69) is 27.7 Å². The van der Waals surface area contributed by atoms with Gasteiger partial charge < -0.3 is 5.32 Å². The molecule has 0 aliphatic heterocycles. The number of nitrogens with one attached hydrogen (secondary N) is 1. The van der Waals surface area contributed by atoms with Crippen molar-refractivity contribution < 1.29 is 9.18 Å². The van der Waals surface area contributed by atoms with E-state index in [1.165, 1.54) is 17.3 Å². The molecule has 1 saturated carbocycles. The lowest BCUT2D eigenvalue weighted by molar-refractivity contribution is -0.123. The van der Waals surface area contributed by atoms with Gasteiger partial charge in [0.2, 0.25) is 11.7 Å². The highest BCUT2D eigenvalue weighted by molar-refractivity contribution is 5.75. The summed E-state index contributed by atoms with van der Waals surface area (Å²) in [6.45, 7) is 2.15. The van der Waals surface area contributed by atoms with Crippen LogP contribution in [-0.4, -0.2) is 32.2 Å². The Labute approximate surface area is 134 Å². The monoisotopic (exact) mass is 317 g/mol. The normalized spacial score (nSPS) is 21.1. The van der Waals surface area contributed by atoms with E-state index in [1.54, 1.807) is 18.2 Å². The number of carbonyl (C=O) groups is 1. The summed E-state index contributed by atoms with van der Waals surface area (Å²) < 4.78 is 13.7. The van der Waals surface area contributed by atoms with Gasteiger partial charge >= 0.3 is 0 Å². The van der Waals surface area contributed by atoms with Crippen molar-refractivity contribution in [3.63, 3.8) is 0 Å². The van der Waals surface area contributed by atoms with Gasteiger partial charge in [-0.15, -0.1) is 10.2 Å². The van der Waals surface area contributed by atoms with Gasteiger partial charge in [-0.3, -0.25) is 4.79 Å². The minimum absolute atomic E-state index is 0.00925. The first-order chi connectivity index (χ1) is 11.1. The zero-order valence-corrected chi connectivity index (χ0v) is 13.1. The van der Waals surface area contributed by atoms with E-state index in [0.29, 0.717) is 5.92 Å². The van der Waals surface area contributed by atoms with Crippen LogP contribution in [0.5, 0.6) is 0 Å². The molecule has 6 nitrogen and oxygen atoms in total. The quantitative estimate of drug-likeness (QED) is 0.938. The van der Waals surface area contributed by atoms with Crippen LogP contribution in [0.1, 0.15) is 32.6 Å². The predicted octanol–water partition coefficient (Wildman–Crippen LogP) is 2.17. The fourth-order valence-corrected chi connectivity index (χ4v) is 2.97. The van der Waals surface area contributed by atoms with Crippen molar-refractivity contribution >= 4 is 5.91 Å². The summed E-state index contributed by atoms with van der Waals surface area (Å²) in [4.78, 5) is 13.3. The lowest BCUT2D eigenvalue weighted by atomic mass is 9.86. The van der Waals surface area contributed by atoms with Crippen molar-refractivity contribution in [2.45, 2.75) is 45.2 Å². The van der Waals surface area contributed by atoms with Gasteiger partial charge in [-0.2, -0.15) is 4.80 Å². The summed E-state index contributed by atoms with van der Waals surface area (Å²) in [5.74, 6) is 0.126. The summed E-state index contributed by atoms with van der Waals surface area (Å²) in [6, 6.07) is 6.44. The summed E-state index contributed by atoms with van der Waals surface area (Å²) >= 11 is 0. The number of tetrazole rings is 1. The van der Waals surface area contributed by atoms with Crippen molar-refractivity contribution in [1.82, 2.24) is 25.5 Å². The number of carbonyl (C=O) groups excluding carboxylic acids is 1. The van der Waals surface area contributed by atoms with E-state index < -0.39 is 5.82 Å². The lowest BCUT2D eigenvalue weighted by Crippen LogP contribution is -2.42. The highest BCUT2D eigenvalue weighted by Crippen LogP contribution is 2.23. The first kappa shape index (κ1) is 15.6. The number of rotatable bonds is 4.